The van der Waals surface area contributed by atoms with Crippen molar-refractivity contribution in [3.05, 3.63) is 260 Å². The van der Waals surface area contributed by atoms with E-state index in [2.05, 4.69) is 264 Å². The number of benzene rings is 10. The third kappa shape index (κ3) is 6.56. The van der Waals surface area contributed by atoms with Gasteiger partial charge in [-0.3, -0.25) is 0 Å². The van der Waals surface area contributed by atoms with E-state index in [1.165, 1.54) is 116 Å². The number of allylic oxidation sites excluding steroid dienone is 4. The van der Waals surface area contributed by atoms with Gasteiger partial charge in [-0.25, -0.2) is 0 Å². The van der Waals surface area contributed by atoms with E-state index in [1.807, 2.05) is 0 Å². The van der Waals surface area contributed by atoms with E-state index in [4.69, 9.17) is 0 Å². The molecule has 12 aromatic rings. The van der Waals surface area contributed by atoms with Crippen LogP contribution in [0.1, 0.15) is 18.4 Å². The maximum atomic E-state index is 2.58. The number of aromatic nitrogens is 2. The Kier molecular flexibility index (Phi) is 9.68. The molecule has 0 bridgehead atoms. The molecule has 0 atom stereocenters. The molecular weight excluding hydrogens is 821 g/mol. The van der Waals surface area contributed by atoms with Crippen LogP contribution in [0.15, 0.2) is 255 Å². The maximum Gasteiger partial charge on any atom is 0.0625 e. The van der Waals surface area contributed by atoms with Gasteiger partial charge in [0.25, 0.3) is 0 Å². The highest BCUT2D eigenvalue weighted by molar-refractivity contribution is 6.24. The number of hydrogen-bond donors (Lipinski definition) is 0. The molecule has 320 valence electrons. The Bertz CT molecular complexity index is 3900. The topological polar surface area (TPSA) is 9.86 Å². The van der Waals surface area contributed by atoms with E-state index >= 15 is 0 Å². The highest BCUT2D eigenvalue weighted by Gasteiger charge is 2.26. The molecule has 0 aliphatic heterocycles. The van der Waals surface area contributed by atoms with Crippen molar-refractivity contribution >= 4 is 54.9 Å². The average Bonchev–Trinajstić information content (AvgIpc) is 3.96. The van der Waals surface area contributed by atoms with Gasteiger partial charge in [0.05, 0.1) is 22.1 Å². The van der Waals surface area contributed by atoms with Crippen LogP contribution in [0.5, 0.6) is 0 Å². The van der Waals surface area contributed by atoms with Gasteiger partial charge >= 0.3 is 0 Å². The van der Waals surface area contributed by atoms with Gasteiger partial charge in [0, 0.05) is 49.6 Å². The lowest BCUT2D eigenvalue weighted by molar-refractivity contribution is 0.992. The molecule has 2 heterocycles. The van der Waals surface area contributed by atoms with Crippen LogP contribution in [-0.4, -0.2) is 9.13 Å². The molecule has 0 amide bonds. The van der Waals surface area contributed by atoms with Crippen molar-refractivity contribution in [2.45, 2.75) is 12.8 Å². The third-order valence-corrected chi connectivity index (χ3v) is 14.1. The van der Waals surface area contributed by atoms with E-state index in [0.717, 1.165) is 18.5 Å². The Labute approximate surface area is 396 Å². The Morgan fingerprint density at radius 3 is 1.26 bits per heavy atom. The van der Waals surface area contributed by atoms with Crippen molar-refractivity contribution in [1.29, 1.82) is 0 Å². The third-order valence-electron chi connectivity index (χ3n) is 14.1. The fourth-order valence-corrected chi connectivity index (χ4v) is 11.0. The van der Waals surface area contributed by atoms with Gasteiger partial charge in [-0.1, -0.05) is 224 Å². The van der Waals surface area contributed by atoms with Crippen LogP contribution < -0.4 is 0 Å². The highest BCUT2D eigenvalue weighted by Crippen LogP contribution is 2.49. The molecular formula is C66H46N2. The summed E-state index contributed by atoms with van der Waals surface area (Å²) in [5, 5.41) is 4.98. The second-order valence-corrected chi connectivity index (χ2v) is 17.9. The first kappa shape index (κ1) is 39.6. The molecule has 68 heavy (non-hydrogen) atoms. The molecule has 0 N–H and O–H groups in total. The van der Waals surface area contributed by atoms with Gasteiger partial charge < -0.3 is 9.13 Å². The lowest BCUT2D eigenvalue weighted by atomic mass is 9.92. The molecule has 0 saturated carbocycles. The normalized spacial score (nSPS) is 12.8. The summed E-state index contributed by atoms with van der Waals surface area (Å²) in [5.74, 6) is 0. The van der Waals surface area contributed by atoms with Crippen LogP contribution in [0, 0.1) is 0 Å². The molecule has 0 fully saturated rings. The number of nitrogens with zero attached hydrogens (tertiary/aromatic N) is 2. The Morgan fingerprint density at radius 2 is 0.735 bits per heavy atom. The van der Waals surface area contributed by atoms with Crippen molar-refractivity contribution in [2.75, 3.05) is 0 Å². The van der Waals surface area contributed by atoms with E-state index < -0.39 is 0 Å². The summed E-state index contributed by atoms with van der Waals surface area (Å²) in [6.45, 7) is 0. The molecule has 1 aliphatic carbocycles. The van der Waals surface area contributed by atoms with Gasteiger partial charge in [-0.2, -0.15) is 0 Å². The minimum absolute atomic E-state index is 0.926. The molecule has 0 spiro atoms. The van der Waals surface area contributed by atoms with E-state index in [9.17, 15) is 0 Å². The van der Waals surface area contributed by atoms with Crippen molar-refractivity contribution in [1.82, 2.24) is 9.13 Å². The Morgan fingerprint density at radius 1 is 0.279 bits per heavy atom. The molecule has 10 aromatic carbocycles. The van der Waals surface area contributed by atoms with E-state index in [1.54, 1.807) is 0 Å². The predicted molar refractivity (Wildman–Crippen MR) is 289 cm³/mol. The molecule has 0 radical (unpaired) electrons. The van der Waals surface area contributed by atoms with Gasteiger partial charge in [-0.15, -0.1) is 0 Å². The van der Waals surface area contributed by atoms with Crippen LogP contribution >= 0.6 is 0 Å². The smallest absolute Gasteiger partial charge is 0.0625 e. The van der Waals surface area contributed by atoms with Crippen LogP contribution in [0.25, 0.3) is 116 Å². The van der Waals surface area contributed by atoms with Crippen molar-refractivity contribution in [3.8, 4) is 61.3 Å². The molecule has 0 unspecified atom stereocenters. The lowest BCUT2D eigenvalue weighted by Gasteiger charge is -2.20. The van der Waals surface area contributed by atoms with Crippen LogP contribution in [0.2, 0.25) is 0 Å². The summed E-state index contributed by atoms with van der Waals surface area (Å²) in [4.78, 5) is 0. The Balaban J connectivity index is 1.15. The van der Waals surface area contributed by atoms with Gasteiger partial charge in [-0.05, 0) is 93.3 Å². The van der Waals surface area contributed by atoms with Crippen LogP contribution in [0.3, 0.4) is 0 Å². The molecule has 0 saturated heterocycles. The average molecular weight is 867 g/mol. The number of rotatable bonds is 8. The van der Waals surface area contributed by atoms with Crippen LogP contribution in [0.4, 0.5) is 0 Å². The van der Waals surface area contributed by atoms with Gasteiger partial charge in [0.15, 0.2) is 0 Å². The highest BCUT2D eigenvalue weighted by atomic mass is 15.0. The number of para-hydroxylation sites is 2. The lowest BCUT2D eigenvalue weighted by Crippen LogP contribution is -2.02. The quantitative estimate of drug-likeness (QED) is 0.144. The first-order valence-electron chi connectivity index (χ1n) is 23.7. The zero-order valence-electron chi connectivity index (χ0n) is 37.6. The zero-order valence-corrected chi connectivity index (χ0v) is 37.6. The van der Waals surface area contributed by atoms with Crippen molar-refractivity contribution in [2.24, 2.45) is 0 Å². The van der Waals surface area contributed by atoms with E-state index in [-0.39, 0.29) is 0 Å². The van der Waals surface area contributed by atoms with Gasteiger partial charge in [0.1, 0.15) is 0 Å². The first-order valence-corrected chi connectivity index (χ1v) is 23.7. The minimum atomic E-state index is 0.926. The fraction of sp³-hybridized carbons (Fsp3) is 0.0303. The monoisotopic (exact) mass is 866 g/mol. The molecule has 13 rings (SSSR count). The predicted octanol–water partition coefficient (Wildman–Crippen LogP) is 17.9. The van der Waals surface area contributed by atoms with Crippen molar-refractivity contribution in [3.63, 3.8) is 0 Å². The molecule has 2 heteroatoms. The molecule has 2 nitrogen and oxygen atoms in total. The van der Waals surface area contributed by atoms with Gasteiger partial charge in [0.2, 0.25) is 0 Å². The number of fused-ring (bicyclic) bond motifs is 6. The standard InChI is InChI=1S/C66H46N2/c1-7-20-45(21-8-1)46-34-37-53(38-35-46)67-61-43-36-51(44-60(61)63-55(48-24-11-3-12-25-48)40-41-57(65(63)67)49-26-13-4-14-27-49)56-32-19-33-59-62-54(47-22-9-2-10-23-47)39-42-58(50-28-15-5-16-29-50)66(62)68(64(56)59)52-30-17-6-18-31-52/h1-34,36-37,39-44H,35,38H2. The second-order valence-electron chi connectivity index (χ2n) is 17.9. The van der Waals surface area contributed by atoms with Crippen molar-refractivity contribution < 1.29 is 0 Å². The maximum absolute atomic E-state index is 2.58. The fourth-order valence-electron chi connectivity index (χ4n) is 11.0. The summed E-state index contributed by atoms with van der Waals surface area (Å²) in [6.07, 6.45) is 6.61. The first-order chi connectivity index (χ1) is 33.8. The summed E-state index contributed by atoms with van der Waals surface area (Å²) >= 11 is 0. The summed E-state index contributed by atoms with van der Waals surface area (Å²) < 4.78 is 5.12. The molecule has 2 aromatic heterocycles. The van der Waals surface area contributed by atoms with Crippen LogP contribution in [-0.2, 0) is 0 Å². The summed E-state index contributed by atoms with van der Waals surface area (Å²) in [5.41, 5.74) is 22.0. The minimum Gasteiger partial charge on any atom is -0.312 e. The number of hydrogen-bond acceptors (Lipinski definition) is 0. The SMILES string of the molecule is C1=C(c2ccccc2)CCC(n2c3ccc(-c4cccc5c6c(-c7ccccc7)ccc(-c7ccccc7)c6n(-c6ccccc6)c45)cc3c3c(-c4ccccc4)ccc(-c4ccccc4)c32)=C1. The molecule has 1 aliphatic rings. The zero-order chi connectivity index (χ0) is 45.0. The Hall–Kier alpha value is -8.72. The van der Waals surface area contributed by atoms with E-state index in [0.29, 0.717) is 0 Å². The largest absolute Gasteiger partial charge is 0.312 e. The summed E-state index contributed by atoms with van der Waals surface area (Å²) in [7, 11) is 0. The second kappa shape index (κ2) is 16.6. The summed E-state index contributed by atoms with van der Waals surface area (Å²) in [6, 6.07) is 88.9.